The summed E-state index contributed by atoms with van der Waals surface area (Å²) in [5.74, 6) is 0.112. The van der Waals surface area contributed by atoms with Gasteiger partial charge in [-0.3, -0.25) is 14.9 Å². The number of nitrogens with one attached hydrogen (secondary N) is 1. The predicted molar refractivity (Wildman–Crippen MR) is 99.4 cm³/mol. The third-order valence-corrected chi connectivity index (χ3v) is 4.15. The van der Waals surface area contributed by atoms with Crippen LogP contribution < -0.4 is 15.8 Å². The number of nitro groups is 1. The smallest absolute Gasteiger partial charge is 0.310 e. The zero-order chi connectivity index (χ0) is 19.3. The van der Waals surface area contributed by atoms with Crippen molar-refractivity contribution >= 4 is 11.6 Å². The van der Waals surface area contributed by atoms with Crippen LogP contribution >= 0.6 is 0 Å². The van der Waals surface area contributed by atoms with Gasteiger partial charge in [0.1, 0.15) is 0 Å². The molecule has 2 aromatic rings. The topological polar surface area (TPSA) is 107 Å². The van der Waals surface area contributed by atoms with Gasteiger partial charge in [0, 0.05) is 30.3 Å². The van der Waals surface area contributed by atoms with E-state index in [-0.39, 0.29) is 35.5 Å². The van der Waals surface area contributed by atoms with Gasteiger partial charge in [0.2, 0.25) is 0 Å². The molecule has 0 spiro atoms. The lowest BCUT2D eigenvalue weighted by atomic mass is 9.99. The van der Waals surface area contributed by atoms with Crippen molar-refractivity contribution in [3.8, 4) is 5.75 Å². The molecule has 0 fully saturated rings. The van der Waals surface area contributed by atoms with E-state index in [4.69, 9.17) is 10.5 Å². The average Bonchev–Trinajstić information content (AvgIpc) is 2.65. The largest absolute Gasteiger partial charge is 0.490 e. The van der Waals surface area contributed by atoms with Crippen LogP contribution in [0.15, 0.2) is 42.5 Å². The fraction of sp³-hybridized carbons (Fsp3) is 0.316. The molecule has 2 rings (SSSR count). The number of nitro benzene ring substituents is 1. The zero-order valence-electron chi connectivity index (χ0n) is 15.1. The fourth-order valence-electron chi connectivity index (χ4n) is 2.52. The number of ether oxygens (including phenoxy) is 1. The molecule has 0 aliphatic carbocycles. The van der Waals surface area contributed by atoms with E-state index in [9.17, 15) is 14.9 Å². The highest BCUT2D eigenvalue weighted by atomic mass is 16.6. The number of benzene rings is 2. The van der Waals surface area contributed by atoms with E-state index in [1.165, 1.54) is 30.9 Å². The van der Waals surface area contributed by atoms with Gasteiger partial charge in [-0.15, -0.1) is 0 Å². The molecule has 0 saturated heterocycles. The normalized spacial score (nSPS) is 11.9. The maximum Gasteiger partial charge on any atom is 0.310 e. The fourth-order valence-corrected chi connectivity index (χ4v) is 2.52. The third-order valence-electron chi connectivity index (χ3n) is 4.15. The lowest BCUT2D eigenvalue weighted by Gasteiger charge is -2.15. The number of rotatable bonds is 7. The lowest BCUT2D eigenvalue weighted by Crippen LogP contribution is -2.31. The Balaban J connectivity index is 2.02. The molecule has 0 radical (unpaired) electrons. The first-order valence-electron chi connectivity index (χ1n) is 8.29. The van der Waals surface area contributed by atoms with Crippen molar-refractivity contribution in [2.45, 2.75) is 25.8 Å². The number of carbonyl (C=O) groups excluding carboxylic acids is 1. The lowest BCUT2D eigenvalue weighted by molar-refractivity contribution is -0.385. The molecule has 0 aliphatic rings. The SMILES string of the molecule is COc1cc(C(=O)NCC(N)c2ccc(C(C)C)cc2)ccc1[N+](=O)[O-]. The second kappa shape index (κ2) is 8.44. The summed E-state index contributed by atoms with van der Waals surface area (Å²) in [6.45, 7) is 4.49. The molecule has 1 amide bonds. The van der Waals surface area contributed by atoms with E-state index in [1.54, 1.807) is 0 Å². The quantitative estimate of drug-likeness (QED) is 0.584. The summed E-state index contributed by atoms with van der Waals surface area (Å²) in [7, 11) is 1.32. The first kappa shape index (κ1) is 19.4. The molecule has 3 N–H and O–H groups in total. The minimum absolute atomic E-state index is 0.0382. The van der Waals surface area contributed by atoms with Gasteiger partial charge in [0.25, 0.3) is 5.91 Å². The van der Waals surface area contributed by atoms with Crippen LogP contribution in [0.3, 0.4) is 0 Å². The van der Waals surface area contributed by atoms with Crippen LogP contribution in [0.25, 0.3) is 0 Å². The maximum atomic E-state index is 12.3. The molecule has 0 saturated carbocycles. The highest BCUT2D eigenvalue weighted by Crippen LogP contribution is 2.27. The van der Waals surface area contributed by atoms with Gasteiger partial charge in [-0.05, 0) is 23.1 Å². The number of amides is 1. The van der Waals surface area contributed by atoms with Crippen molar-refractivity contribution in [3.05, 3.63) is 69.3 Å². The van der Waals surface area contributed by atoms with E-state index in [0.29, 0.717) is 5.92 Å². The Bertz CT molecular complexity index is 788. The van der Waals surface area contributed by atoms with Crippen LogP contribution in [-0.4, -0.2) is 24.5 Å². The summed E-state index contributed by atoms with van der Waals surface area (Å²) in [5, 5.41) is 13.7. The van der Waals surface area contributed by atoms with Crippen molar-refractivity contribution in [2.75, 3.05) is 13.7 Å². The summed E-state index contributed by atoms with van der Waals surface area (Å²) in [6, 6.07) is 11.6. The van der Waals surface area contributed by atoms with Gasteiger partial charge >= 0.3 is 5.69 Å². The Morgan fingerprint density at radius 2 is 1.81 bits per heavy atom. The molecule has 7 nitrogen and oxygen atoms in total. The second-order valence-electron chi connectivity index (χ2n) is 6.28. The van der Waals surface area contributed by atoms with Crippen LogP contribution in [-0.2, 0) is 0 Å². The highest BCUT2D eigenvalue weighted by molar-refractivity contribution is 5.95. The van der Waals surface area contributed by atoms with E-state index >= 15 is 0 Å². The van der Waals surface area contributed by atoms with E-state index in [2.05, 4.69) is 19.2 Å². The Labute approximate surface area is 152 Å². The number of carbonyl (C=O) groups is 1. The number of nitrogens with two attached hydrogens (primary N) is 1. The van der Waals surface area contributed by atoms with Crippen LogP contribution in [0, 0.1) is 10.1 Å². The summed E-state index contributed by atoms with van der Waals surface area (Å²) >= 11 is 0. The van der Waals surface area contributed by atoms with Gasteiger partial charge in [-0.1, -0.05) is 38.1 Å². The average molecular weight is 357 g/mol. The van der Waals surface area contributed by atoms with Crippen molar-refractivity contribution < 1.29 is 14.5 Å². The van der Waals surface area contributed by atoms with Crippen LogP contribution in [0.5, 0.6) is 5.75 Å². The molecule has 138 valence electrons. The van der Waals surface area contributed by atoms with E-state index in [0.717, 1.165) is 5.56 Å². The Morgan fingerprint density at radius 1 is 1.19 bits per heavy atom. The van der Waals surface area contributed by atoms with Gasteiger partial charge < -0.3 is 15.8 Å². The molecule has 26 heavy (non-hydrogen) atoms. The van der Waals surface area contributed by atoms with E-state index in [1.807, 2.05) is 24.3 Å². The summed E-state index contributed by atoms with van der Waals surface area (Å²) in [5.41, 5.74) is 8.37. The van der Waals surface area contributed by atoms with Gasteiger partial charge in [0.15, 0.2) is 5.75 Å². The summed E-state index contributed by atoms with van der Waals surface area (Å²) in [6.07, 6.45) is 0. The minimum atomic E-state index is -0.558. The van der Waals surface area contributed by atoms with Crippen molar-refractivity contribution in [1.82, 2.24) is 5.32 Å². The Kier molecular flexibility index (Phi) is 6.30. The number of hydrogen-bond donors (Lipinski definition) is 2. The zero-order valence-corrected chi connectivity index (χ0v) is 15.1. The molecule has 7 heteroatoms. The molecule has 0 aliphatic heterocycles. The Morgan fingerprint density at radius 3 is 2.35 bits per heavy atom. The predicted octanol–water partition coefficient (Wildman–Crippen LogP) is 3.16. The van der Waals surface area contributed by atoms with Crippen LogP contribution in [0.1, 0.15) is 47.3 Å². The molecule has 1 atom stereocenters. The number of nitrogens with zero attached hydrogens (tertiary/aromatic N) is 1. The van der Waals surface area contributed by atoms with Gasteiger partial charge in [-0.2, -0.15) is 0 Å². The molecular weight excluding hydrogens is 334 g/mol. The van der Waals surface area contributed by atoms with Crippen LogP contribution in [0.2, 0.25) is 0 Å². The van der Waals surface area contributed by atoms with Crippen molar-refractivity contribution in [3.63, 3.8) is 0 Å². The molecule has 0 heterocycles. The van der Waals surface area contributed by atoms with Gasteiger partial charge in [0.05, 0.1) is 12.0 Å². The summed E-state index contributed by atoms with van der Waals surface area (Å²) in [4.78, 5) is 22.6. The first-order valence-corrected chi connectivity index (χ1v) is 8.29. The number of methoxy groups -OCH3 is 1. The number of hydrogen-bond acceptors (Lipinski definition) is 5. The highest BCUT2D eigenvalue weighted by Gasteiger charge is 2.18. The van der Waals surface area contributed by atoms with Crippen LogP contribution in [0.4, 0.5) is 5.69 Å². The maximum absolute atomic E-state index is 12.3. The molecule has 2 aromatic carbocycles. The third kappa shape index (κ3) is 4.58. The standard InChI is InChI=1S/C19H23N3O4/c1-12(2)13-4-6-14(7-5-13)16(20)11-21-19(23)15-8-9-17(22(24)25)18(10-15)26-3/h4-10,12,16H,11,20H2,1-3H3,(H,21,23). The summed E-state index contributed by atoms with van der Waals surface area (Å²) < 4.78 is 4.98. The molecule has 1 unspecified atom stereocenters. The first-order chi connectivity index (χ1) is 12.3. The second-order valence-corrected chi connectivity index (χ2v) is 6.28. The molecule has 0 aromatic heterocycles. The molecular formula is C19H23N3O4. The van der Waals surface area contributed by atoms with Crippen molar-refractivity contribution in [2.24, 2.45) is 5.73 Å². The molecule has 0 bridgehead atoms. The monoisotopic (exact) mass is 357 g/mol. The van der Waals surface area contributed by atoms with E-state index < -0.39 is 4.92 Å². The Hall–Kier alpha value is -2.93. The van der Waals surface area contributed by atoms with Crippen molar-refractivity contribution in [1.29, 1.82) is 0 Å². The van der Waals surface area contributed by atoms with Gasteiger partial charge in [-0.25, -0.2) is 0 Å². The minimum Gasteiger partial charge on any atom is -0.490 e.